The Bertz CT molecular complexity index is 279. The van der Waals surface area contributed by atoms with Crippen LogP contribution in [0.3, 0.4) is 0 Å². The van der Waals surface area contributed by atoms with Gasteiger partial charge in [0.15, 0.2) is 6.10 Å². The summed E-state index contributed by atoms with van der Waals surface area (Å²) in [5.74, 6) is 5.51. The normalized spacial score (nSPS) is 26.6. The maximum absolute atomic E-state index is 11.3. The molecular formula is C11H17NO3. The van der Waals surface area contributed by atoms with Crippen LogP contribution in [0.4, 0.5) is 0 Å². The molecule has 0 radical (unpaired) electrons. The number of rotatable bonds is 2. The Hall–Kier alpha value is -1.05. The summed E-state index contributed by atoms with van der Waals surface area (Å²) < 4.78 is 10.1. The molecule has 4 nitrogen and oxygen atoms in total. The molecule has 2 atom stereocenters. The number of carbonyl (C=O) groups excluding carboxylic acids is 1. The van der Waals surface area contributed by atoms with Crippen molar-refractivity contribution >= 4 is 5.97 Å². The minimum absolute atomic E-state index is 0.0431. The van der Waals surface area contributed by atoms with Gasteiger partial charge in [-0.05, 0) is 13.8 Å². The largest absolute Gasteiger partial charge is 0.467 e. The molecule has 1 rings (SSSR count). The van der Waals surface area contributed by atoms with Crippen molar-refractivity contribution in [2.45, 2.75) is 26.1 Å². The van der Waals surface area contributed by atoms with Crippen molar-refractivity contribution in [1.82, 2.24) is 4.90 Å². The van der Waals surface area contributed by atoms with Gasteiger partial charge in [-0.3, -0.25) is 4.90 Å². The molecule has 1 aliphatic heterocycles. The SMILES string of the molecule is CC#CCN1C[C@@H](C)O[C@H](C(=O)OC)C1. The smallest absolute Gasteiger partial charge is 0.336 e. The maximum atomic E-state index is 11.3. The Labute approximate surface area is 90.5 Å². The topological polar surface area (TPSA) is 38.8 Å². The van der Waals surface area contributed by atoms with Crippen LogP contribution in [0.2, 0.25) is 0 Å². The summed E-state index contributed by atoms with van der Waals surface area (Å²) in [6.07, 6.45) is -0.432. The lowest BCUT2D eigenvalue weighted by molar-refractivity contribution is -0.165. The van der Waals surface area contributed by atoms with Gasteiger partial charge in [0.25, 0.3) is 0 Å². The van der Waals surface area contributed by atoms with Crippen molar-refractivity contribution in [3.8, 4) is 11.8 Å². The number of hydrogen-bond acceptors (Lipinski definition) is 4. The van der Waals surface area contributed by atoms with Crippen molar-refractivity contribution in [1.29, 1.82) is 0 Å². The molecule has 0 N–H and O–H groups in total. The van der Waals surface area contributed by atoms with Crippen LogP contribution in [-0.2, 0) is 14.3 Å². The minimum Gasteiger partial charge on any atom is -0.467 e. The predicted octanol–water partition coefficient (Wildman–Crippen LogP) is 0.272. The summed E-state index contributed by atoms with van der Waals surface area (Å²) in [7, 11) is 1.38. The van der Waals surface area contributed by atoms with E-state index in [1.165, 1.54) is 7.11 Å². The first-order valence-corrected chi connectivity index (χ1v) is 5.02. The van der Waals surface area contributed by atoms with E-state index in [4.69, 9.17) is 4.74 Å². The Morgan fingerprint density at radius 3 is 2.93 bits per heavy atom. The molecule has 0 aliphatic carbocycles. The molecular weight excluding hydrogens is 194 g/mol. The van der Waals surface area contributed by atoms with Crippen LogP contribution in [-0.4, -0.2) is 49.8 Å². The van der Waals surface area contributed by atoms with E-state index in [1.807, 2.05) is 13.8 Å². The highest BCUT2D eigenvalue weighted by Gasteiger charge is 2.30. The third-order valence-electron chi connectivity index (χ3n) is 2.28. The van der Waals surface area contributed by atoms with Gasteiger partial charge in [0, 0.05) is 13.1 Å². The van der Waals surface area contributed by atoms with E-state index in [0.29, 0.717) is 13.1 Å². The van der Waals surface area contributed by atoms with Crippen LogP contribution in [0.25, 0.3) is 0 Å². The number of morpholine rings is 1. The summed E-state index contributed by atoms with van der Waals surface area (Å²) in [6, 6.07) is 0. The molecule has 0 aromatic carbocycles. The third-order valence-corrected chi connectivity index (χ3v) is 2.28. The van der Waals surface area contributed by atoms with E-state index in [9.17, 15) is 4.79 Å². The summed E-state index contributed by atoms with van der Waals surface area (Å²) in [5, 5.41) is 0. The number of ether oxygens (including phenoxy) is 2. The van der Waals surface area contributed by atoms with Crippen LogP contribution < -0.4 is 0 Å². The Morgan fingerprint density at radius 2 is 2.33 bits per heavy atom. The third kappa shape index (κ3) is 3.54. The number of hydrogen-bond donors (Lipinski definition) is 0. The average Bonchev–Trinajstić information content (AvgIpc) is 2.24. The molecule has 1 saturated heterocycles. The molecule has 1 aliphatic rings. The summed E-state index contributed by atoms with van der Waals surface area (Å²) in [6.45, 7) is 5.80. The Kier molecular flexibility index (Phi) is 4.60. The fourth-order valence-corrected chi connectivity index (χ4v) is 1.62. The number of carbonyl (C=O) groups is 1. The standard InChI is InChI=1S/C11H17NO3/c1-4-5-6-12-7-9(2)15-10(8-12)11(13)14-3/h9-10H,6-8H2,1-3H3/t9-,10+/m1/s1. The fourth-order valence-electron chi connectivity index (χ4n) is 1.62. The van der Waals surface area contributed by atoms with Gasteiger partial charge in [-0.2, -0.15) is 0 Å². The van der Waals surface area contributed by atoms with E-state index in [1.54, 1.807) is 0 Å². The zero-order chi connectivity index (χ0) is 11.3. The zero-order valence-electron chi connectivity index (χ0n) is 9.45. The molecule has 0 aromatic rings. The van der Waals surface area contributed by atoms with Gasteiger partial charge in [-0.25, -0.2) is 4.79 Å². The van der Waals surface area contributed by atoms with Gasteiger partial charge >= 0.3 is 5.97 Å². The van der Waals surface area contributed by atoms with Gasteiger partial charge in [0.2, 0.25) is 0 Å². The van der Waals surface area contributed by atoms with Crippen molar-refractivity contribution in [3.63, 3.8) is 0 Å². The Morgan fingerprint density at radius 1 is 1.60 bits per heavy atom. The number of nitrogens with zero attached hydrogens (tertiary/aromatic N) is 1. The summed E-state index contributed by atoms with van der Waals surface area (Å²) in [4.78, 5) is 13.4. The van der Waals surface area contributed by atoms with Gasteiger partial charge in [-0.15, -0.1) is 5.92 Å². The van der Waals surface area contributed by atoms with E-state index < -0.39 is 6.10 Å². The second kappa shape index (κ2) is 5.74. The van der Waals surface area contributed by atoms with Crippen molar-refractivity contribution in [3.05, 3.63) is 0 Å². The van der Waals surface area contributed by atoms with Crippen LogP contribution in [0.1, 0.15) is 13.8 Å². The van der Waals surface area contributed by atoms with E-state index in [2.05, 4.69) is 21.5 Å². The first-order valence-electron chi connectivity index (χ1n) is 5.02. The van der Waals surface area contributed by atoms with Crippen LogP contribution in [0.5, 0.6) is 0 Å². The van der Waals surface area contributed by atoms with Crippen molar-refractivity contribution < 1.29 is 14.3 Å². The Balaban J connectivity index is 2.53. The second-order valence-electron chi connectivity index (χ2n) is 3.58. The van der Waals surface area contributed by atoms with Crippen LogP contribution in [0, 0.1) is 11.8 Å². The van der Waals surface area contributed by atoms with Gasteiger partial charge in [0.1, 0.15) is 0 Å². The molecule has 0 amide bonds. The van der Waals surface area contributed by atoms with Crippen LogP contribution in [0.15, 0.2) is 0 Å². The lowest BCUT2D eigenvalue weighted by Crippen LogP contribution is -2.50. The summed E-state index contributed by atoms with van der Waals surface area (Å²) >= 11 is 0. The van der Waals surface area contributed by atoms with E-state index >= 15 is 0 Å². The second-order valence-corrected chi connectivity index (χ2v) is 3.58. The van der Waals surface area contributed by atoms with Gasteiger partial charge < -0.3 is 9.47 Å². The van der Waals surface area contributed by atoms with Crippen molar-refractivity contribution in [2.75, 3.05) is 26.7 Å². The molecule has 0 aromatic heterocycles. The molecule has 0 bridgehead atoms. The minimum atomic E-state index is -0.475. The van der Waals surface area contributed by atoms with E-state index in [-0.39, 0.29) is 12.1 Å². The lowest BCUT2D eigenvalue weighted by Gasteiger charge is -2.34. The molecule has 1 heterocycles. The molecule has 4 heteroatoms. The predicted molar refractivity (Wildman–Crippen MR) is 56.2 cm³/mol. The summed E-state index contributed by atoms with van der Waals surface area (Å²) in [5.41, 5.74) is 0. The highest BCUT2D eigenvalue weighted by Crippen LogP contribution is 2.11. The number of esters is 1. The molecule has 15 heavy (non-hydrogen) atoms. The fraction of sp³-hybridized carbons (Fsp3) is 0.727. The first-order chi connectivity index (χ1) is 7.17. The molecule has 1 fully saturated rings. The monoisotopic (exact) mass is 211 g/mol. The highest BCUT2D eigenvalue weighted by atomic mass is 16.6. The van der Waals surface area contributed by atoms with E-state index in [0.717, 1.165) is 6.54 Å². The highest BCUT2D eigenvalue weighted by molar-refractivity contribution is 5.74. The zero-order valence-corrected chi connectivity index (χ0v) is 9.45. The molecule has 0 unspecified atom stereocenters. The molecule has 84 valence electrons. The number of methoxy groups -OCH3 is 1. The van der Waals surface area contributed by atoms with Gasteiger partial charge in [0.05, 0.1) is 19.8 Å². The molecule has 0 spiro atoms. The van der Waals surface area contributed by atoms with Crippen LogP contribution >= 0.6 is 0 Å². The van der Waals surface area contributed by atoms with Crippen molar-refractivity contribution in [2.24, 2.45) is 0 Å². The average molecular weight is 211 g/mol. The first kappa shape index (κ1) is 12.0. The molecule has 0 saturated carbocycles. The van der Waals surface area contributed by atoms with Gasteiger partial charge in [-0.1, -0.05) is 5.92 Å². The maximum Gasteiger partial charge on any atom is 0.336 e. The lowest BCUT2D eigenvalue weighted by atomic mass is 10.2. The quantitative estimate of drug-likeness (QED) is 0.485.